The van der Waals surface area contributed by atoms with E-state index in [1.807, 2.05) is 0 Å². The van der Waals surface area contributed by atoms with E-state index in [2.05, 4.69) is 9.47 Å². The molecule has 16 heavy (non-hydrogen) atoms. The number of carbonyl (C=O) groups is 2. The molecule has 0 aliphatic heterocycles. The second-order valence-electron chi connectivity index (χ2n) is 2.95. The number of hydrogen-bond acceptors (Lipinski definition) is 6. The van der Waals surface area contributed by atoms with E-state index in [4.69, 9.17) is 9.47 Å². The van der Waals surface area contributed by atoms with Gasteiger partial charge in [-0.1, -0.05) is 0 Å². The lowest BCUT2D eigenvalue weighted by Gasteiger charge is -2.19. The Balaban J connectivity index is 4.31. The molecule has 6 nitrogen and oxygen atoms in total. The van der Waals surface area contributed by atoms with Crippen molar-refractivity contribution in [2.24, 2.45) is 0 Å². The molecule has 94 valence electrons. The summed E-state index contributed by atoms with van der Waals surface area (Å²) in [6.07, 6.45) is -1.78. The van der Waals surface area contributed by atoms with Crippen LogP contribution in [0.4, 0.5) is 0 Å². The maximum atomic E-state index is 11.3. The predicted octanol–water partition coefficient (Wildman–Crippen LogP) is 0.490. The smallest absolute Gasteiger partial charge is 0.335 e. The lowest BCUT2D eigenvalue weighted by atomic mass is 10.2. The second kappa shape index (κ2) is 8.06. The molecule has 0 N–H and O–H groups in total. The van der Waals surface area contributed by atoms with Gasteiger partial charge in [0.25, 0.3) is 0 Å². The second-order valence-corrected chi connectivity index (χ2v) is 2.95. The highest BCUT2D eigenvalue weighted by Gasteiger charge is 2.26. The Morgan fingerprint density at radius 1 is 1.19 bits per heavy atom. The number of methoxy groups -OCH3 is 2. The molecular weight excluding hydrogens is 216 g/mol. The summed E-state index contributed by atoms with van der Waals surface area (Å²) in [6.45, 7) is 3.89. The summed E-state index contributed by atoms with van der Waals surface area (Å²) in [5.74, 6) is -1.17. The van der Waals surface area contributed by atoms with Gasteiger partial charge in [0.05, 0.1) is 20.6 Å². The van der Waals surface area contributed by atoms with E-state index >= 15 is 0 Å². The largest absolute Gasteiger partial charge is 0.469 e. The van der Waals surface area contributed by atoms with Gasteiger partial charge in [0.2, 0.25) is 0 Å². The molecule has 0 bridgehead atoms. The summed E-state index contributed by atoms with van der Waals surface area (Å²) >= 11 is 0. The molecule has 2 atom stereocenters. The predicted molar refractivity (Wildman–Crippen MR) is 54.6 cm³/mol. The molecule has 0 fully saturated rings. The molecule has 0 spiro atoms. The molecule has 1 unspecified atom stereocenters. The molecular formula is C10H18O6. The van der Waals surface area contributed by atoms with Gasteiger partial charge in [-0.2, -0.15) is 0 Å². The Labute approximate surface area is 94.8 Å². The monoisotopic (exact) mass is 234 g/mol. The Kier molecular flexibility index (Phi) is 7.49. The van der Waals surface area contributed by atoms with Crippen molar-refractivity contribution in [1.82, 2.24) is 0 Å². The van der Waals surface area contributed by atoms with E-state index in [0.29, 0.717) is 6.61 Å². The zero-order valence-corrected chi connectivity index (χ0v) is 10.0. The minimum atomic E-state index is -1.00. The topological polar surface area (TPSA) is 71.1 Å². The van der Waals surface area contributed by atoms with E-state index < -0.39 is 24.3 Å². The Bertz CT molecular complexity index is 227. The molecule has 0 saturated heterocycles. The molecule has 6 heteroatoms. The van der Waals surface area contributed by atoms with Gasteiger partial charge in [-0.05, 0) is 13.8 Å². The first-order valence-electron chi connectivity index (χ1n) is 4.96. The van der Waals surface area contributed by atoms with Crippen LogP contribution >= 0.6 is 0 Å². The Morgan fingerprint density at radius 2 is 1.81 bits per heavy atom. The fourth-order valence-electron chi connectivity index (χ4n) is 1.06. The molecule has 0 aromatic rings. The van der Waals surface area contributed by atoms with Crippen molar-refractivity contribution >= 4 is 11.9 Å². The van der Waals surface area contributed by atoms with Crippen molar-refractivity contribution in [3.05, 3.63) is 0 Å². The maximum Gasteiger partial charge on any atom is 0.335 e. The van der Waals surface area contributed by atoms with Gasteiger partial charge in [0.1, 0.15) is 0 Å². The van der Waals surface area contributed by atoms with Crippen LogP contribution in [0.2, 0.25) is 0 Å². The highest BCUT2D eigenvalue weighted by molar-refractivity contribution is 5.81. The summed E-state index contributed by atoms with van der Waals surface area (Å²) in [6, 6.07) is 0. The van der Waals surface area contributed by atoms with Crippen LogP contribution in [-0.4, -0.2) is 45.2 Å². The van der Waals surface area contributed by atoms with Crippen molar-refractivity contribution in [3.63, 3.8) is 0 Å². The number of carbonyl (C=O) groups excluding carboxylic acids is 2. The lowest BCUT2D eigenvalue weighted by Crippen LogP contribution is -2.33. The van der Waals surface area contributed by atoms with Crippen LogP contribution in [0.25, 0.3) is 0 Å². The first-order valence-corrected chi connectivity index (χ1v) is 4.96. The average molecular weight is 234 g/mol. The van der Waals surface area contributed by atoms with Crippen molar-refractivity contribution in [3.8, 4) is 0 Å². The quantitative estimate of drug-likeness (QED) is 0.471. The normalized spacial score (nSPS) is 14.0. The molecule has 0 amide bonds. The van der Waals surface area contributed by atoms with Crippen LogP contribution in [0.3, 0.4) is 0 Å². The lowest BCUT2D eigenvalue weighted by molar-refractivity contribution is -0.189. The van der Waals surface area contributed by atoms with Gasteiger partial charge >= 0.3 is 11.9 Å². The SMILES string of the molecule is CCOC(C)O[C@H](CC(=O)OC)C(=O)OC. The van der Waals surface area contributed by atoms with Gasteiger partial charge < -0.3 is 18.9 Å². The number of hydrogen-bond donors (Lipinski definition) is 0. The maximum absolute atomic E-state index is 11.3. The summed E-state index contributed by atoms with van der Waals surface area (Å²) in [7, 11) is 2.46. The summed E-state index contributed by atoms with van der Waals surface area (Å²) in [5, 5.41) is 0. The van der Waals surface area contributed by atoms with E-state index in [1.165, 1.54) is 14.2 Å². The Morgan fingerprint density at radius 3 is 2.25 bits per heavy atom. The fraction of sp³-hybridized carbons (Fsp3) is 0.800. The first-order chi connectivity index (χ1) is 7.54. The molecule has 0 saturated carbocycles. The summed E-state index contributed by atoms with van der Waals surface area (Å²) in [4.78, 5) is 22.3. The van der Waals surface area contributed by atoms with E-state index in [0.717, 1.165) is 0 Å². The van der Waals surface area contributed by atoms with Crippen molar-refractivity contribution in [1.29, 1.82) is 0 Å². The highest BCUT2D eigenvalue weighted by atomic mass is 16.7. The van der Waals surface area contributed by atoms with Gasteiger partial charge in [-0.3, -0.25) is 4.79 Å². The van der Waals surface area contributed by atoms with Crippen molar-refractivity contribution in [2.45, 2.75) is 32.7 Å². The number of esters is 2. The first kappa shape index (κ1) is 14.9. The van der Waals surface area contributed by atoms with E-state index in [9.17, 15) is 9.59 Å². The third-order valence-electron chi connectivity index (χ3n) is 1.80. The number of rotatable bonds is 7. The molecule has 0 aromatic heterocycles. The summed E-state index contributed by atoms with van der Waals surface area (Å²) in [5.41, 5.74) is 0. The third kappa shape index (κ3) is 5.67. The van der Waals surface area contributed by atoms with Gasteiger partial charge in [-0.25, -0.2) is 4.79 Å². The average Bonchev–Trinajstić information content (AvgIpc) is 2.27. The van der Waals surface area contributed by atoms with Crippen LogP contribution in [0.5, 0.6) is 0 Å². The molecule has 0 aromatic carbocycles. The number of ether oxygens (including phenoxy) is 4. The minimum absolute atomic E-state index is 0.194. The van der Waals surface area contributed by atoms with Crippen LogP contribution in [0, 0.1) is 0 Å². The van der Waals surface area contributed by atoms with Gasteiger partial charge in [0.15, 0.2) is 12.4 Å². The highest BCUT2D eigenvalue weighted by Crippen LogP contribution is 2.07. The molecule has 0 aliphatic rings. The minimum Gasteiger partial charge on any atom is -0.469 e. The molecule has 0 rings (SSSR count). The summed E-state index contributed by atoms with van der Waals surface area (Å²) < 4.78 is 19.3. The zero-order valence-electron chi connectivity index (χ0n) is 10.0. The molecule has 0 radical (unpaired) electrons. The van der Waals surface area contributed by atoms with Crippen LogP contribution < -0.4 is 0 Å². The van der Waals surface area contributed by atoms with E-state index in [-0.39, 0.29) is 6.42 Å². The van der Waals surface area contributed by atoms with E-state index in [1.54, 1.807) is 13.8 Å². The third-order valence-corrected chi connectivity index (χ3v) is 1.80. The van der Waals surface area contributed by atoms with Gasteiger partial charge in [-0.15, -0.1) is 0 Å². The van der Waals surface area contributed by atoms with Crippen molar-refractivity contribution in [2.75, 3.05) is 20.8 Å². The fourth-order valence-corrected chi connectivity index (χ4v) is 1.06. The zero-order chi connectivity index (χ0) is 12.6. The Hall–Kier alpha value is -1.14. The van der Waals surface area contributed by atoms with Crippen LogP contribution in [0.15, 0.2) is 0 Å². The standard InChI is InChI=1S/C10H18O6/c1-5-15-7(2)16-8(10(12)14-4)6-9(11)13-3/h7-8H,5-6H2,1-4H3/t7?,8-/m1/s1. The molecule has 0 heterocycles. The van der Waals surface area contributed by atoms with Crippen molar-refractivity contribution < 1.29 is 28.5 Å². The van der Waals surface area contributed by atoms with Crippen LogP contribution in [-0.2, 0) is 28.5 Å². The molecule has 0 aliphatic carbocycles. The van der Waals surface area contributed by atoms with Gasteiger partial charge in [0, 0.05) is 6.61 Å². The van der Waals surface area contributed by atoms with Crippen LogP contribution in [0.1, 0.15) is 20.3 Å².